The first-order chi connectivity index (χ1) is 8.52. The highest BCUT2D eigenvalue weighted by molar-refractivity contribution is 14.0. The number of guanidine groups is 1. The minimum atomic E-state index is 0. The van der Waals surface area contributed by atoms with Crippen LogP contribution in [-0.2, 0) is 6.54 Å². The molecule has 1 aromatic rings. The fourth-order valence-corrected chi connectivity index (χ4v) is 2.09. The zero-order valence-corrected chi connectivity index (χ0v) is 15.3. The molecule has 0 aliphatic carbocycles. The topological polar surface area (TPSA) is 40.5 Å². The van der Waals surface area contributed by atoms with Crippen LogP contribution in [0.2, 0.25) is 0 Å². The number of aromatic nitrogens is 1. The fraction of sp³-hybridized carbons (Fsp3) is 0.500. The van der Waals surface area contributed by atoms with Gasteiger partial charge in [-0.15, -0.1) is 35.3 Å². The quantitative estimate of drug-likeness (QED) is 0.457. The van der Waals surface area contributed by atoms with Gasteiger partial charge in [0, 0.05) is 24.0 Å². The summed E-state index contributed by atoms with van der Waals surface area (Å²) in [4.78, 5) is 10.9. The second-order valence-corrected chi connectivity index (χ2v) is 5.50. The minimum Gasteiger partial charge on any atom is -0.357 e. The summed E-state index contributed by atoms with van der Waals surface area (Å²) >= 11 is 7.39. The lowest BCUT2D eigenvalue weighted by atomic mass is 10.4. The molecule has 0 aliphatic rings. The number of hydrogen-bond donors (Lipinski definition) is 1. The number of rotatable bonds is 5. The molecule has 1 aromatic heterocycles. The van der Waals surface area contributed by atoms with Crippen LogP contribution in [0, 0.1) is 6.92 Å². The number of hydrogen-bond acceptors (Lipinski definition) is 3. The zero-order valence-electron chi connectivity index (χ0n) is 11.4. The van der Waals surface area contributed by atoms with Crippen molar-refractivity contribution in [1.29, 1.82) is 0 Å². The van der Waals surface area contributed by atoms with Gasteiger partial charge in [0.25, 0.3) is 0 Å². The molecule has 19 heavy (non-hydrogen) atoms. The number of halogens is 2. The van der Waals surface area contributed by atoms with E-state index in [0.29, 0.717) is 11.6 Å². The van der Waals surface area contributed by atoms with Gasteiger partial charge >= 0.3 is 0 Å². The van der Waals surface area contributed by atoms with Crippen molar-refractivity contribution in [2.45, 2.75) is 20.4 Å². The minimum absolute atomic E-state index is 0. The average molecular weight is 415 g/mol. The SMILES string of the molecule is C=C(Cl)CN=C(NCC)N(C)Cc1csc(C)n1.I. The van der Waals surface area contributed by atoms with Crippen molar-refractivity contribution in [3.63, 3.8) is 0 Å². The Morgan fingerprint density at radius 3 is 2.79 bits per heavy atom. The van der Waals surface area contributed by atoms with E-state index in [9.17, 15) is 0 Å². The molecule has 1 N–H and O–H groups in total. The monoisotopic (exact) mass is 414 g/mol. The number of aryl methyl sites for hydroxylation is 1. The van der Waals surface area contributed by atoms with Gasteiger partial charge < -0.3 is 10.2 Å². The molecule has 4 nitrogen and oxygen atoms in total. The van der Waals surface area contributed by atoms with Gasteiger partial charge in [0.05, 0.1) is 23.8 Å². The number of aliphatic imine (C=N–C) groups is 1. The highest BCUT2D eigenvalue weighted by Gasteiger charge is 2.08. The molecule has 0 saturated carbocycles. The van der Waals surface area contributed by atoms with Crippen LogP contribution in [0.25, 0.3) is 0 Å². The first-order valence-electron chi connectivity index (χ1n) is 5.76. The van der Waals surface area contributed by atoms with Gasteiger partial charge in [0.15, 0.2) is 5.96 Å². The van der Waals surface area contributed by atoms with Gasteiger partial charge in [-0.1, -0.05) is 18.2 Å². The lowest BCUT2D eigenvalue weighted by molar-refractivity contribution is 0.472. The lowest BCUT2D eigenvalue weighted by Crippen LogP contribution is -2.38. The van der Waals surface area contributed by atoms with Crippen LogP contribution in [-0.4, -0.2) is 36.0 Å². The molecular formula is C12H20ClIN4S. The van der Waals surface area contributed by atoms with Crippen molar-refractivity contribution < 1.29 is 0 Å². The van der Waals surface area contributed by atoms with Crippen LogP contribution in [0.4, 0.5) is 0 Å². The molecule has 0 spiro atoms. The van der Waals surface area contributed by atoms with Gasteiger partial charge in [-0.3, -0.25) is 0 Å². The van der Waals surface area contributed by atoms with Crippen molar-refractivity contribution >= 4 is 52.9 Å². The standard InChI is InChI=1S/C12H19ClN4S.HI/c1-5-14-12(15-6-9(2)13)17(4)7-11-8-18-10(3)16-11;/h8H,2,5-7H2,1,3-4H3,(H,14,15);1H. The highest BCUT2D eigenvalue weighted by atomic mass is 127. The summed E-state index contributed by atoms with van der Waals surface area (Å²) in [5.74, 6) is 0.810. The van der Waals surface area contributed by atoms with Gasteiger partial charge in [0.1, 0.15) is 0 Å². The summed E-state index contributed by atoms with van der Waals surface area (Å²) in [5.41, 5.74) is 1.05. The maximum Gasteiger partial charge on any atom is 0.194 e. The molecule has 0 atom stereocenters. The third-order valence-electron chi connectivity index (χ3n) is 2.16. The summed E-state index contributed by atoms with van der Waals surface area (Å²) in [6.45, 7) is 9.64. The molecule has 7 heteroatoms. The molecule has 0 aromatic carbocycles. The van der Waals surface area contributed by atoms with Crippen molar-refractivity contribution in [1.82, 2.24) is 15.2 Å². The number of nitrogens with one attached hydrogen (secondary N) is 1. The van der Waals surface area contributed by atoms with Gasteiger partial charge in [0.2, 0.25) is 0 Å². The number of thiazole rings is 1. The van der Waals surface area contributed by atoms with Gasteiger partial charge in [-0.2, -0.15) is 0 Å². The first-order valence-corrected chi connectivity index (χ1v) is 7.02. The molecule has 1 rings (SSSR count). The van der Waals surface area contributed by atoms with Crippen LogP contribution in [0.5, 0.6) is 0 Å². The van der Waals surface area contributed by atoms with E-state index >= 15 is 0 Å². The summed E-state index contributed by atoms with van der Waals surface area (Å²) in [6, 6.07) is 0. The van der Waals surface area contributed by atoms with Gasteiger partial charge in [-0.05, 0) is 13.8 Å². The van der Waals surface area contributed by atoms with Crippen LogP contribution in [0.3, 0.4) is 0 Å². The molecule has 1 heterocycles. The Labute approximate surface area is 141 Å². The second-order valence-electron chi connectivity index (χ2n) is 3.90. The van der Waals surface area contributed by atoms with Gasteiger partial charge in [-0.25, -0.2) is 9.98 Å². The molecule has 0 unspecified atom stereocenters. The Morgan fingerprint density at radius 2 is 2.32 bits per heavy atom. The van der Waals surface area contributed by atoms with Crippen LogP contribution in [0.1, 0.15) is 17.6 Å². The predicted octanol–water partition coefficient (Wildman–Crippen LogP) is 3.22. The largest absolute Gasteiger partial charge is 0.357 e. The average Bonchev–Trinajstić information content (AvgIpc) is 2.69. The molecular weight excluding hydrogens is 395 g/mol. The van der Waals surface area contributed by atoms with E-state index in [1.807, 2.05) is 25.8 Å². The van der Waals surface area contributed by atoms with E-state index < -0.39 is 0 Å². The summed E-state index contributed by atoms with van der Waals surface area (Å²) in [7, 11) is 1.98. The summed E-state index contributed by atoms with van der Waals surface area (Å²) < 4.78 is 0. The fourth-order valence-electron chi connectivity index (χ4n) is 1.43. The Hall–Kier alpha value is -0.340. The lowest BCUT2D eigenvalue weighted by Gasteiger charge is -2.21. The van der Waals surface area contributed by atoms with Crippen molar-refractivity contribution in [3.05, 3.63) is 27.7 Å². The second kappa shape index (κ2) is 9.55. The maximum absolute atomic E-state index is 5.73. The third-order valence-corrected chi connectivity index (χ3v) is 3.10. The van der Waals surface area contributed by atoms with E-state index in [2.05, 4.69) is 27.3 Å². The van der Waals surface area contributed by atoms with Crippen LogP contribution >= 0.6 is 46.9 Å². The Morgan fingerprint density at radius 1 is 1.63 bits per heavy atom. The number of nitrogens with zero attached hydrogens (tertiary/aromatic N) is 3. The molecule has 0 amide bonds. The van der Waals surface area contributed by atoms with Crippen molar-refractivity contribution in [2.24, 2.45) is 4.99 Å². The summed E-state index contributed by atoms with van der Waals surface area (Å²) in [6.07, 6.45) is 0. The molecule has 0 saturated heterocycles. The molecule has 0 bridgehead atoms. The smallest absolute Gasteiger partial charge is 0.194 e. The van der Waals surface area contributed by atoms with Crippen LogP contribution < -0.4 is 5.32 Å². The Balaban J connectivity index is 0.00000324. The molecule has 0 radical (unpaired) electrons. The van der Waals surface area contributed by atoms with E-state index in [0.717, 1.165) is 29.8 Å². The molecule has 0 aliphatic heterocycles. The summed E-state index contributed by atoms with van der Waals surface area (Å²) in [5, 5.41) is 6.89. The van der Waals surface area contributed by atoms with E-state index in [1.54, 1.807) is 11.3 Å². The van der Waals surface area contributed by atoms with E-state index in [1.165, 1.54) is 0 Å². The third kappa shape index (κ3) is 7.12. The molecule has 108 valence electrons. The highest BCUT2D eigenvalue weighted by Crippen LogP contribution is 2.10. The Kier molecular flexibility index (Phi) is 9.38. The first kappa shape index (κ1) is 18.7. The van der Waals surface area contributed by atoms with Crippen molar-refractivity contribution in [2.75, 3.05) is 20.1 Å². The zero-order chi connectivity index (χ0) is 13.5. The normalized spacial score (nSPS) is 10.8. The Bertz CT molecular complexity index is 433. The predicted molar refractivity (Wildman–Crippen MR) is 94.7 cm³/mol. The van der Waals surface area contributed by atoms with Crippen LogP contribution in [0.15, 0.2) is 22.0 Å². The van der Waals surface area contributed by atoms with E-state index in [-0.39, 0.29) is 24.0 Å². The van der Waals surface area contributed by atoms with E-state index in [4.69, 9.17) is 11.6 Å². The molecule has 0 fully saturated rings. The maximum atomic E-state index is 5.73. The van der Waals surface area contributed by atoms with Crippen molar-refractivity contribution in [3.8, 4) is 0 Å².